The number of para-hydroxylation sites is 1. The third-order valence-corrected chi connectivity index (χ3v) is 17.4. The van der Waals surface area contributed by atoms with E-state index in [9.17, 15) is 0 Å². The number of hydrogen-bond acceptors (Lipinski definition) is 0. The summed E-state index contributed by atoms with van der Waals surface area (Å²) in [5, 5.41) is 1.31. The zero-order valence-corrected chi connectivity index (χ0v) is 17.4. The fourth-order valence-corrected chi connectivity index (χ4v) is 12.3. The Kier molecular flexibility index (Phi) is 6.24. The van der Waals surface area contributed by atoms with E-state index in [1.165, 1.54) is 14.3 Å². The Morgan fingerprint density at radius 3 is 2.36 bits per heavy atom. The van der Waals surface area contributed by atoms with E-state index in [1.807, 2.05) is 0 Å². The van der Waals surface area contributed by atoms with Gasteiger partial charge in [-0.05, 0) is 0 Å². The molecular weight excluding hydrogens is 392 g/mol. The molecule has 22 heavy (non-hydrogen) atoms. The molecule has 1 aliphatic carbocycles. The van der Waals surface area contributed by atoms with Crippen LogP contribution in [0, 0.1) is 0 Å². The second kappa shape index (κ2) is 6.99. The van der Waals surface area contributed by atoms with Gasteiger partial charge in [0.15, 0.2) is 0 Å². The van der Waals surface area contributed by atoms with Crippen molar-refractivity contribution < 1.29 is 19.8 Å². The molecule has 2 aromatic rings. The first-order chi connectivity index (χ1) is 9.43. The van der Waals surface area contributed by atoms with Gasteiger partial charge in [0.05, 0.1) is 0 Å². The quantitative estimate of drug-likeness (QED) is 0.685. The van der Waals surface area contributed by atoms with Gasteiger partial charge in [-0.2, -0.15) is 0 Å². The third kappa shape index (κ3) is 3.11. The summed E-state index contributed by atoms with van der Waals surface area (Å²) in [7, 11) is 0. The van der Waals surface area contributed by atoms with Crippen molar-refractivity contribution in [2.45, 2.75) is 30.3 Å². The van der Waals surface area contributed by atoms with Crippen molar-refractivity contribution in [2.75, 3.05) is 0 Å². The first-order valence-corrected chi connectivity index (χ1v) is 12.7. The van der Waals surface area contributed by atoms with Gasteiger partial charge in [-0.1, -0.05) is 0 Å². The minimum atomic E-state index is -2.88. The van der Waals surface area contributed by atoms with Crippen LogP contribution in [0.5, 0.6) is 0 Å². The topological polar surface area (TPSA) is 15.8 Å². The molecule has 1 unspecified atom stereocenters. The molecule has 0 radical (unpaired) electrons. The van der Waals surface area contributed by atoms with Gasteiger partial charge in [-0.15, -0.1) is 24.8 Å². The Balaban J connectivity index is 0.00000121. The molecule has 0 spiro atoms. The van der Waals surface area contributed by atoms with Gasteiger partial charge in [-0.25, -0.2) is 0 Å². The fourth-order valence-electron chi connectivity index (χ4n) is 3.13. The number of rotatable bonds is 2. The molecule has 1 nitrogen and oxygen atoms in total. The van der Waals surface area contributed by atoms with Crippen LogP contribution in [0.3, 0.4) is 0 Å². The molecule has 0 aliphatic heterocycles. The summed E-state index contributed by atoms with van der Waals surface area (Å²) in [6, 6.07) is 10.9. The molecule has 1 atom stereocenters. The molecule has 4 heteroatoms. The first kappa shape index (κ1) is 19.6. The molecule has 0 fully saturated rings. The monoisotopic (exact) mass is 414 g/mol. The van der Waals surface area contributed by atoms with E-state index in [2.05, 4.69) is 74.3 Å². The van der Waals surface area contributed by atoms with E-state index in [1.54, 1.807) is 3.28 Å². The van der Waals surface area contributed by atoms with Crippen LogP contribution in [-0.2, 0) is 19.8 Å². The molecule has 1 aromatic carbocycles. The number of halogens is 2. The van der Waals surface area contributed by atoms with E-state index in [0.717, 1.165) is 6.42 Å². The van der Waals surface area contributed by atoms with Gasteiger partial charge in [0.1, 0.15) is 0 Å². The zero-order valence-electron chi connectivity index (χ0n) is 13.3. The van der Waals surface area contributed by atoms with Crippen molar-refractivity contribution >= 4 is 43.3 Å². The number of aromatic amines is 1. The van der Waals surface area contributed by atoms with Crippen molar-refractivity contribution in [3.05, 3.63) is 51.8 Å². The second-order valence-corrected chi connectivity index (χ2v) is 17.8. The summed E-state index contributed by atoms with van der Waals surface area (Å²) in [6.07, 6.45) is 7.87. The van der Waals surface area contributed by atoms with E-state index in [0.29, 0.717) is 0 Å². The molecule has 1 N–H and O–H groups in total. The van der Waals surface area contributed by atoms with Crippen molar-refractivity contribution in [1.29, 1.82) is 0 Å². The van der Waals surface area contributed by atoms with Gasteiger partial charge in [0, 0.05) is 0 Å². The number of aromatic nitrogens is 1. The summed E-state index contributed by atoms with van der Waals surface area (Å²) < 4.78 is 8.13. The van der Waals surface area contributed by atoms with Crippen LogP contribution in [0.1, 0.15) is 27.2 Å². The van der Waals surface area contributed by atoms with Crippen LogP contribution in [0.2, 0.25) is 3.12 Å². The van der Waals surface area contributed by atoms with Gasteiger partial charge in [0.25, 0.3) is 0 Å². The number of fused-ring (bicyclic) bond motifs is 1. The Hall–Kier alpha value is -0.427. The normalized spacial score (nSPS) is 16.6. The molecule has 3 rings (SSSR count). The number of H-pyrrole nitrogens is 1. The van der Waals surface area contributed by atoms with Crippen molar-refractivity contribution in [3.63, 3.8) is 0 Å². The van der Waals surface area contributed by atoms with E-state index >= 15 is 0 Å². The predicted octanol–water partition coefficient (Wildman–Crippen LogP) is 5.28. The molecule has 1 aromatic heterocycles. The average Bonchev–Trinajstić information content (AvgIpc) is 3.05. The molecule has 0 saturated heterocycles. The fraction of sp³-hybridized carbons (Fsp3) is 0.278. The maximum atomic E-state index is 4.86. The zero-order chi connectivity index (χ0) is 14.4. The Bertz CT molecular complexity index is 730. The predicted molar refractivity (Wildman–Crippen MR) is 101 cm³/mol. The van der Waals surface area contributed by atoms with Crippen LogP contribution < -0.4 is 3.40 Å². The van der Waals surface area contributed by atoms with Crippen LogP contribution >= 0.6 is 24.8 Å². The summed E-state index contributed by atoms with van der Waals surface area (Å²) in [6.45, 7) is 7.09. The Morgan fingerprint density at radius 1 is 1.14 bits per heavy atom. The molecule has 0 amide bonds. The third-order valence-electron chi connectivity index (χ3n) is 4.59. The maximum absolute atomic E-state index is 4.86. The molecule has 1 heterocycles. The van der Waals surface area contributed by atoms with E-state index in [4.69, 9.17) is 4.21 Å². The average molecular weight is 417 g/mol. The van der Waals surface area contributed by atoms with E-state index < -0.39 is 19.8 Å². The number of hydrogen-bond donors (Lipinski definition) is 1. The Morgan fingerprint density at radius 2 is 1.82 bits per heavy atom. The van der Waals surface area contributed by atoms with Crippen LogP contribution in [0.25, 0.3) is 10.9 Å². The van der Waals surface area contributed by atoms with Crippen LogP contribution in [0.15, 0.2) is 51.8 Å². The van der Waals surface area contributed by atoms with Gasteiger partial charge < -0.3 is 0 Å². The molecule has 0 bridgehead atoms. The standard InChI is InChI=1S/C8H6N.C5H5.C4H9.CH2.2ClH.Zr/c1-2-4-8-7(3-1)5-6-9-8;1-2-4-5-3-1;1-4(2)3;;;;/h1-5,9H;1-3H,4H2;1-3H3;1H2;2*1H;. The second-order valence-electron chi connectivity index (χ2n) is 6.75. The van der Waals surface area contributed by atoms with Crippen LogP contribution in [-0.4, -0.2) is 9.20 Å². The van der Waals surface area contributed by atoms with Crippen molar-refractivity contribution in [3.8, 4) is 0 Å². The number of allylic oxidation sites excluding steroid dienone is 4. The molecule has 0 saturated carbocycles. The summed E-state index contributed by atoms with van der Waals surface area (Å²) >= 11 is -2.88. The molecular formula is C18H24Cl2NZr. The Labute approximate surface area is 149 Å². The van der Waals surface area contributed by atoms with Crippen LogP contribution in [0.4, 0.5) is 0 Å². The van der Waals surface area contributed by atoms with E-state index in [-0.39, 0.29) is 27.9 Å². The van der Waals surface area contributed by atoms with Gasteiger partial charge >= 0.3 is 125 Å². The van der Waals surface area contributed by atoms with Crippen molar-refractivity contribution in [1.82, 2.24) is 4.98 Å². The number of benzene rings is 1. The van der Waals surface area contributed by atoms with Crippen molar-refractivity contribution in [2.24, 2.45) is 0 Å². The molecule has 1 aliphatic rings. The van der Waals surface area contributed by atoms with Gasteiger partial charge in [-0.3, -0.25) is 0 Å². The number of nitrogens with one attached hydrogen (secondary N) is 1. The first-order valence-electron chi connectivity index (χ1n) is 7.23. The summed E-state index contributed by atoms with van der Waals surface area (Å²) in [4.78, 5) is 3.68. The van der Waals surface area contributed by atoms with Gasteiger partial charge in [0.2, 0.25) is 0 Å². The summed E-state index contributed by atoms with van der Waals surface area (Å²) in [5.74, 6) is 0. The SMILES string of the molecule is Cl.Cl.[CH2]=[Zr]([C]1=CC=CC1)([c]1cc2ccccc2[nH]1)[C](C)(C)C. The summed E-state index contributed by atoms with van der Waals surface area (Å²) in [5.41, 5.74) is 1.24. The minimum absolute atomic E-state index is 0. The molecule has 119 valence electrons.